The highest BCUT2D eigenvalue weighted by Gasteiger charge is 2.33. The summed E-state index contributed by atoms with van der Waals surface area (Å²) >= 11 is 0. The quantitative estimate of drug-likeness (QED) is 0.710. The minimum atomic E-state index is -0.472. The van der Waals surface area contributed by atoms with Crippen molar-refractivity contribution in [1.82, 2.24) is 4.90 Å². The Morgan fingerprint density at radius 1 is 1.04 bits per heavy atom. The van der Waals surface area contributed by atoms with Crippen LogP contribution in [0.25, 0.3) is 0 Å². The van der Waals surface area contributed by atoms with Gasteiger partial charge in [0.1, 0.15) is 17.1 Å². The predicted octanol–water partition coefficient (Wildman–Crippen LogP) is 3.67. The van der Waals surface area contributed by atoms with Crippen molar-refractivity contribution >= 4 is 23.2 Å². The fraction of sp³-hybridized carbons (Fsp3) is 0.350. The van der Waals surface area contributed by atoms with Gasteiger partial charge in [-0.1, -0.05) is 0 Å². The lowest BCUT2D eigenvalue weighted by atomic mass is 10.1. The molecule has 0 radical (unpaired) electrons. The summed E-state index contributed by atoms with van der Waals surface area (Å²) in [4.78, 5) is 13.6. The molecule has 0 atom stereocenters. The number of carbonyl (C=O) groups excluding carboxylic acids is 1. The molecule has 5 N–H and O–H groups in total. The first kappa shape index (κ1) is 18.7. The van der Waals surface area contributed by atoms with E-state index >= 15 is 0 Å². The van der Waals surface area contributed by atoms with Crippen LogP contribution >= 0.6 is 0 Å². The van der Waals surface area contributed by atoms with E-state index in [2.05, 4.69) is 5.32 Å². The lowest BCUT2D eigenvalue weighted by Crippen LogP contribution is -2.57. The van der Waals surface area contributed by atoms with Crippen LogP contribution in [0, 0.1) is 0 Å². The number of rotatable bonds is 4. The lowest BCUT2D eigenvalue weighted by molar-refractivity contribution is 0.0105. The SMILES string of the molecule is CC(C)(C)OC(=O)N1CC(Nc2ccc(Oc3ccc(N)c(N)c3)cc2)C1. The molecule has 1 aliphatic rings. The molecule has 0 aliphatic carbocycles. The Balaban J connectivity index is 1.49. The highest BCUT2D eigenvalue weighted by Crippen LogP contribution is 2.27. The van der Waals surface area contributed by atoms with Gasteiger partial charge in [0.05, 0.1) is 17.4 Å². The van der Waals surface area contributed by atoms with Crippen LogP contribution in [0.3, 0.4) is 0 Å². The minimum absolute atomic E-state index is 0.209. The maximum atomic E-state index is 11.9. The molecule has 0 aromatic heterocycles. The first-order chi connectivity index (χ1) is 12.7. The Kier molecular flexibility index (Phi) is 5.03. The van der Waals surface area contributed by atoms with Gasteiger partial charge in [0.2, 0.25) is 0 Å². The molecule has 3 rings (SSSR count). The van der Waals surface area contributed by atoms with Crippen LogP contribution in [0.15, 0.2) is 42.5 Å². The molecule has 7 nitrogen and oxygen atoms in total. The Morgan fingerprint density at radius 2 is 1.67 bits per heavy atom. The highest BCUT2D eigenvalue weighted by molar-refractivity contribution is 5.70. The van der Waals surface area contributed by atoms with Gasteiger partial charge in [0.15, 0.2) is 0 Å². The summed E-state index contributed by atoms with van der Waals surface area (Å²) in [5.41, 5.74) is 13.0. The normalized spacial score (nSPS) is 14.4. The van der Waals surface area contributed by atoms with Gasteiger partial charge >= 0.3 is 6.09 Å². The van der Waals surface area contributed by atoms with Gasteiger partial charge in [0.25, 0.3) is 0 Å². The predicted molar refractivity (Wildman–Crippen MR) is 107 cm³/mol. The third-order valence-electron chi connectivity index (χ3n) is 4.05. The van der Waals surface area contributed by atoms with Crippen LogP contribution in [-0.2, 0) is 4.74 Å². The summed E-state index contributed by atoms with van der Waals surface area (Å²) in [5, 5.41) is 3.39. The number of hydrogen-bond acceptors (Lipinski definition) is 6. The first-order valence-corrected chi connectivity index (χ1v) is 8.87. The highest BCUT2D eigenvalue weighted by atomic mass is 16.6. The summed E-state index contributed by atoms with van der Waals surface area (Å²) in [7, 11) is 0. The van der Waals surface area contributed by atoms with Crippen LogP contribution in [0.4, 0.5) is 21.9 Å². The summed E-state index contributed by atoms with van der Waals surface area (Å²) < 4.78 is 11.1. The van der Waals surface area contributed by atoms with Crippen molar-refractivity contribution in [1.29, 1.82) is 0 Å². The van der Waals surface area contributed by atoms with Crippen LogP contribution < -0.4 is 21.5 Å². The minimum Gasteiger partial charge on any atom is -0.457 e. The van der Waals surface area contributed by atoms with E-state index in [0.717, 1.165) is 5.69 Å². The standard InChI is InChI=1S/C20H26N4O3/c1-20(2,3)27-19(25)24-11-14(12-24)23-13-4-6-15(7-5-13)26-16-8-9-17(21)18(22)10-16/h4-10,14,23H,11-12,21-22H2,1-3H3. The summed E-state index contributed by atoms with van der Waals surface area (Å²) in [6.07, 6.45) is -0.271. The second-order valence-corrected chi connectivity index (χ2v) is 7.64. The topological polar surface area (TPSA) is 103 Å². The van der Waals surface area contributed by atoms with Crippen molar-refractivity contribution in [3.05, 3.63) is 42.5 Å². The number of benzene rings is 2. The molecule has 144 valence electrons. The number of carbonyl (C=O) groups is 1. The molecule has 2 aromatic rings. The number of hydrogen-bond donors (Lipinski definition) is 3. The van der Waals surface area contributed by atoms with Crippen molar-refractivity contribution in [2.75, 3.05) is 29.9 Å². The van der Waals surface area contributed by atoms with Crippen LogP contribution in [0.1, 0.15) is 20.8 Å². The van der Waals surface area contributed by atoms with E-state index in [9.17, 15) is 4.79 Å². The number of nitrogens with one attached hydrogen (secondary N) is 1. The fourth-order valence-electron chi connectivity index (χ4n) is 2.65. The van der Waals surface area contributed by atoms with Gasteiger partial charge < -0.3 is 31.2 Å². The summed E-state index contributed by atoms with van der Waals surface area (Å²) in [6.45, 7) is 6.84. The summed E-state index contributed by atoms with van der Waals surface area (Å²) in [5.74, 6) is 1.34. The van der Waals surface area contributed by atoms with Gasteiger partial charge in [-0.15, -0.1) is 0 Å². The van der Waals surface area contributed by atoms with Crippen LogP contribution in [-0.4, -0.2) is 35.7 Å². The van der Waals surface area contributed by atoms with Crippen molar-refractivity contribution in [2.24, 2.45) is 0 Å². The maximum Gasteiger partial charge on any atom is 0.410 e. The molecule has 0 bridgehead atoms. The molecule has 1 heterocycles. The van der Waals surface area contributed by atoms with Gasteiger partial charge in [-0.2, -0.15) is 0 Å². The van der Waals surface area contributed by atoms with E-state index in [1.54, 1.807) is 23.1 Å². The molecule has 0 saturated carbocycles. The molecule has 1 fully saturated rings. The molecular weight excluding hydrogens is 344 g/mol. The fourth-order valence-corrected chi connectivity index (χ4v) is 2.65. The number of nitrogen functional groups attached to an aromatic ring is 2. The molecule has 1 aliphatic heterocycles. The number of ether oxygens (including phenoxy) is 2. The zero-order chi connectivity index (χ0) is 19.6. The Morgan fingerprint density at radius 3 is 2.26 bits per heavy atom. The molecule has 1 amide bonds. The van der Waals surface area contributed by atoms with Gasteiger partial charge in [-0.05, 0) is 57.2 Å². The molecule has 1 saturated heterocycles. The number of nitrogens with two attached hydrogens (primary N) is 2. The smallest absolute Gasteiger partial charge is 0.410 e. The van der Waals surface area contributed by atoms with E-state index < -0.39 is 5.60 Å². The number of amides is 1. The Bertz CT molecular complexity index is 809. The third kappa shape index (κ3) is 4.97. The third-order valence-corrected chi connectivity index (χ3v) is 4.05. The zero-order valence-electron chi connectivity index (χ0n) is 15.9. The van der Waals surface area contributed by atoms with E-state index in [4.69, 9.17) is 20.9 Å². The van der Waals surface area contributed by atoms with E-state index in [1.165, 1.54) is 0 Å². The van der Waals surface area contributed by atoms with E-state index in [-0.39, 0.29) is 12.1 Å². The molecule has 0 spiro atoms. The number of anilines is 3. The van der Waals surface area contributed by atoms with Gasteiger partial charge in [-0.3, -0.25) is 0 Å². The first-order valence-electron chi connectivity index (χ1n) is 8.87. The second kappa shape index (κ2) is 7.26. The van der Waals surface area contributed by atoms with E-state index in [0.29, 0.717) is 36.0 Å². The van der Waals surface area contributed by atoms with Crippen molar-refractivity contribution < 1.29 is 14.3 Å². The number of nitrogens with zero attached hydrogens (tertiary/aromatic N) is 1. The Hall–Kier alpha value is -3.09. The summed E-state index contributed by atoms with van der Waals surface area (Å²) in [6, 6.07) is 13.0. The maximum absolute atomic E-state index is 11.9. The average Bonchev–Trinajstić information content (AvgIpc) is 2.54. The molecule has 0 unspecified atom stereocenters. The Labute approximate surface area is 159 Å². The lowest BCUT2D eigenvalue weighted by Gasteiger charge is -2.40. The zero-order valence-corrected chi connectivity index (χ0v) is 15.9. The molecule has 7 heteroatoms. The molecule has 27 heavy (non-hydrogen) atoms. The number of likely N-dealkylation sites (tertiary alicyclic amines) is 1. The average molecular weight is 370 g/mol. The van der Waals surface area contributed by atoms with Crippen molar-refractivity contribution in [3.63, 3.8) is 0 Å². The van der Waals surface area contributed by atoms with Gasteiger partial charge in [-0.25, -0.2) is 4.79 Å². The van der Waals surface area contributed by atoms with Crippen molar-refractivity contribution in [3.8, 4) is 11.5 Å². The van der Waals surface area contributed by atoms with E-state index in [1.807, 2.05) is 45.0 Å². The van der Waals surface area contributed by atoms with Gasteiger partial charge in [0, 0.05) is 24.8 Å². The largest absolute Gasteiger partial charge is 0.457 e. The van der Waals surface area contributed by atoms with Crippen molar-refractivity contribution in [2.45, 2.75) is 32.4 Å². The van der Waals surface area contributed by atoms with Crippen LogP contribution in [0.2, 0.25) is 0 Å². The van der Waals surface area contributed by atoms with Crippen LogP contribution in [0.5, 0.6) is 11.5 Å². The molecular formula is C20H26N4O3. The monoisotopic (exact) mass is 370 g/mol. The molecule has 2 aromatic carbocycles. The second-order valence-electron chi connectivity index (χ2n) is 7.64.